The summed E-state index contributed by atoms with van der Waals surface area (Å²) in [4.78, 5) is 2.36. The number of hydrogen-bond acceptors (Lipinski definition) is 3. The van der Waals surface area contributed by atoms with E-state index in [1.54, 1.807) is 0 Å². The van der Waals surface area contributed by atoms with Gasteiger partial charge in [0.2, 0.25) is 0 Å². The van der Waals surface area contributed by atoms with E-state index in [9.17, 15) is 5.11 Å². The molecule has 1 fully saturated rings. The van der Waals surface area contributed by atoms with E-state index in [2.05, 4.69) is 17.1 Å². The zero-order chi connectivity index (χ0) is 11.1. The van der Waals surface area contributed by atoms with Crippen molar-refractivity contribution in [2.75, 3.05) is 26.2 Å². The first-order valence-electron chi connectivity index (χ1n) is 6.40. The Morgan fingerprint density at radius 2 is 2.20 bits per heavy atom. The van der Waals surface area contributed by atoms with Crippen molar-refractivity contribution >= 4 is 0 Å². The van der Waals surface area contributed by atoms with Gasteiger partial charge in [-0.1, -0.05) is 20.3 Å². The molecule has 0 aromatic heterocycles. The van der Waals surface area contributed by atoms with Gasteiger partial charge < -0.3 is 10.4 Å². The van der Waals surface area contributed by atoms with Gasteiger partial charge in [-0.2, -0.15) is 0 Å². The van der Waals surface area contributed by atoms with Crippen LogP contribution < -0.4 is 5.32 Å². The zero-order valence-electron chi connectivity index (χ0n) is 10.2. The molecule has 1 aliphatic rings. The third-order valence-electron chi connectivity index (χ3n) is 3.28. The van der Waals surface area contributed by atoms with Gasteiger partial charge in [0.15, 0.2) is 0 Å². The van der Waals surface area contributed by atoms with Crippen LogP contribution in [0.15, 0.2) is 0 Å². The van der Waals surface area contributed by atoms with Crippen LogP contribution >= 0.6 is 0 Å². The summed E-state index contributed by atoms with van der Waals surface area (Å²) in [5.74, 6) is 0. The topological polar surface area (TPSA) is 35.5 Å². The fourth-order valence-electron chi connectivity index (χ4n) is 2.15. The van der Waals surface area contributed by atoms with Gasteiger partial charge in [-0.15, -0.1) is 0 Å². The molecule has 3 nitrogen and oxygen atoms in total. The molecule has 0 spiro atoms. The minimum Gasteiger partial charge on any atom is -0.392 e. The maximum Gasteiger partial charge on any atom is 0.0664 e. The molecule has 1 aliphatic heterocycles. The van der Waals surface area contributed by atoms with E-state index in [-0.39, 0.29) is 6.10 Å². The molecule has 90 valence electrons. The van der Waals surface area contributed by atoms with E-state index >= 15 is 0 Å². The molecule has 2 N–H and O–H groups in total. The summed E-state index contributed by atoms with van der Waals surface area (Å²) in [6, 6.07) is 0.641. The van der Waals surface area contributed by atoms with Gasteiger partial charge in [0.1, 0.15) is 0 Å². The van der Waals surface area contributed by atoms with Crippen molar-refractivity contribution in [3.8, 4) is 0 Å². The molecule has 0 radical (unpaired) electrons. The summed E-state index contributed by atoms with van der Waals surface area (Å²) in [6.45, 7) is 8.33. The fourth-order valence-corrected chi connectivity index (χ4v) is 2.15. The van der Waals surface area contributed by atoms with E-state index in [1.165, 1.54) is 25.8 Å². The normalized spacial score (nSPS) is 24.4. The van der Waals surface area contributed by atoms with Crippen molar-refractivity contribution in [3.63, 3.8) is 0 Å². The third kappa shape index (κ3) is 4.96. The zero-order valence-corrected chi connectivity index (χ0v) is 10.2. The number of nitrogens with one attached hydrogen (secondary N) is 1. The van der Waals surface area contributed by atoms with Crippen LogP contribution in [0.5, 0.6) is 0 Å². The molecule has 2 atom stereocenters. The highest BCUT2D eigenvalue weighted by atomic mass is 16.3. The molecule has 0 aliphatic carbocycles. The fraction of sp³-hybridized carbons (Fsp3) is 1.00. The average molecular weight is 214 g/mol. The summed E-state index contributed by atoms with van der Waals surface area (Å²) < 4.78 is 0. The molecular weight excluding hydrogens is 188 g/mol. The Balaban J connectivity index is 2.25. The molecule has 3 heteroatoms. The Labute approximate surface area is 93.9 Å². The van der Waals surface area contributed by atoms with Crippen molar-refractivity contribution in [2.24, 2.45) is 0 Å². The summed E-state index contributed by atoms with van der Waals surface area (Å²) in [5.41, 5.74) is 0. The molecule has 0 amide bonds. The van der Waals surface area contributed by atoms with Crippen LogP contribution in [-0.4, -0.2) is 48.3 Å². The highest BCUT2D eigenvalue weighted by Crippen LogP contribution is 2.09. The molecule has 1 saturated heterocycles. The molecular formula is C12H26N2O. The number of aliphatic hydroxyl groups is 1. The highest BCUT2D eigenvalue weighted by Gasteiger charge is 2.16. The Morgan fingerprint density at radius 3 is 2.73 bits per heavy atom. The largest absolute Gasteiger partial charge is 0.392 e. The SMILES string of the molecule is CCC(O)CN(CC)CC1CCCCN1. The molecule has 15 heavy (non-hydrogen) atoms. The Kier molecular flexibility index (Phi) is 6.22. The first-order chi connectivity index (χ1) is 7.26. The maximum atomic E-state index is 9.63. The lowest BCUT2D eigenvalue weighted by atomic mass is 10.0. The Bertz CT molecular complexity index is 158. The van der Waals surface area contributed by atoms with Crippen LogP contribution in [0.4, 0.5) is 0 Å². The van der Waals surface area contributed by atoms with Crippen LogP contribution in [0.1, 0.15) is 39.5 Å². The van der Waals surface area contributed by atoms with Gasteiger partial charge in [-0.25, -0.2) is 0 Å². The van der Waals surface area contributed by atoms with Crippen molar-refractivity contribution in [1.82, 2.24) is 10.2 Å². The van der Waals surface area contributed by atoms with Crippen molar-refractivity contribution < 1.29 is 5.11 Å². The summed E-state index contributed by atoms with van der Waals surface area (Å²) in [7, 11) is 0. The van der Waals surface area contributed by atoms with Crippen LogP contribution in [0.25, 0.3) is 0 Å². The molecule has 0 bridgehead atoms. The molecule has 1 heterocycles. The average Bonchev–Trinajstić information content (AvgIpc) is 2.29. The van der Waals surface area contributed by atoms with E-state index in [0.29, 0.717) is 6.04 Å². The first kappa shape index (κ1) is 12.9. The minimum absolute atomic E-state index is 0.159. The lowest BCUT2D eigenvalue weighted by Crippen LogP contribution is -2.45. The van der Waals surface area contributed by atoms with Crippen LogP contribution in [0.2, 0.25) is 0 Å². The summed E-state index contributed by atoms with van der Waals surface area (Å²) in [6.07, 6.45) is 4.66. The van der Waals surface area contributed by atoms with Gasteiger partial charge in [0, 0.05) is 19.1 Å². The van der Waals surface area contributed by atoms with E-state index < -0.39 is 0 Å². The van der Waals surface area contributed by atoms with Gasteiger partial charge in [-0.3, -0.25) is 4.90 Å². The second-order valence-corrected chi connectivity index (χ2v) is 4.56. The van der Waals surface area contributed by atoms with Crippen LogP contribution in [-0.2, 0) is 0 Å². The quantitative estimate of drug-likeness (QED) is 0.698. The predicted molar refractivity (Wildman–Crippen MR) is 64.1 cm³/mol. The predicted octanol–water partition coefficient (Wildman–Crippen LogP) is 1.22. The van der Waals surface area contributed by atoms with Gasteiger partial charge in [-0.05, 0) is 32.4 Å². The monoisotopic (exact) mass is 214 g/mol. The van der Waals surface area contributed by atoms with Crippen LogP contribution in [0.3, 0.4) is 0 Å². The van der Waals surface area contributed by atoms with Crippen LogP contribution in [0, 0.1) is 0 Å². The Morgan fingerprint density at radius 1 is 1.40 bits per heavy atom. The number of piperidine rings is 1. The second-order valence-electron chi connectivity index (χ2n) is 4.56. The van der Waals surface area contributed by atoms with Crippen molar-refractivity contribution in [2.45, 2.75) is 51.7 Å². The smallest absolute Gasteiger partial charge is 0.0664 e. The number of nitrogens with zero attached hydrogens (tertiary/aromatic N) is 1. The lowest BCUT2D eigenvalue weighted by molar-refractivity contribution is 0.104. The third-order valence-corrected chi connectivity index (χ3v) is 3.28. The van der Waals surface area contributed by atoms with Gasteiger partial charge in [0.05, 0.1) is 6.10 Å². The number of rotatable bonds is 6. The first-order valence-corrected chi connectivity index (χ1v) is 6.40. The number of aliphatic hydroxyl groups excluding tert-OH is 1. The van der Waals surface area contributed by atoms with Gasteiger partial charge in [0.25, 0.3) is 0 Å². The summed E-state index contributed by atoms with van der Waals surface area (Å²) >= 11 is 0. The number of hydrogen-bond donors (Lipinski definition) is 2. The van der Waals surface area contributed by atoms with Gasteiger partial charge >= 0.3 is 0 Å². The molecule has 1 rings (SSSR count). The molecule has 0 saturated carbocycles. The summed E-state index contributed by atoms with van der Waals surface area (Å²) in [5, 5.41) is 13.2. The van der Waals surface area contributed by atoms with E-state index in [0.717, 1.165) is 26.1 Å². The van der Waals surface area contributed by atoms with Crippen molar-refractivity contribution in [1.29, 1.82) is 0 Å². The second kappa shape index (κ2) is 7.20. The molecule has 0 aromatic carbocycles. The standard InChI is InChI=1S/C12H26N2O/c1-3-12(15)10-14(4-2)9-11-7-5-6-8-13-11/h11-13,15H,3-10H2,1-2H3. The maximum absolute atomic E-state index is 9.63. The minimum atomic E-state index is -0.159. The highest BCUT2D eigenvalue weighted by molar-refractivity contribution is 4.76. The van der Waals surface area contributed by atoms with Crippen molar-refractivity contribution in [3.05, 3.63) is 0 Å². The lowest BCUT2D eigenvalue weighted by Gasteiger charge is -2.30. The van der Waals surface area contributed by atoms with E-state index in [1.807, 2.05) is 6.92 Å². The molecule has 0 aromatic rings. The molecule has 2 unspecified atom stereocenters. The Hall–Kier alpha value is -0.120. The van der Waals surface area contributed by atoms with E-state index in [4.69, 9.17) is 0 Å². The number of likely N-dealkylation sites (N-methyl/N-ethyl adjacent to an activating group) is 1.